The molecule has 1 aromatic carbocycles. The molecule has 0 aliphatic heterocycles. The number of phenols is 1. The fraction of sp³-hybridized carbons (Fsp3) is 0.364. The first-order chi connectivity index (χ1) is 7.16. The molecule has 0 spiro atoms. The van der Waals surface area contributed by atoms with E-state index in [9.17, 15) is 9.90 Å². The van der Waals surface area contributed by atoms with Crippen LogP contribution in [-0.4, -0.2) is 24.1 Å². The van der Waals surface area contributed by atoms with Crippen LogP contribution < -0.4 is 11.1 Å². The molecule has 4 nitrogen and oxygen atoms in total. The number of carbonyl (C=O) groups is 1. The largest absolute Gasteiger partial charge is 0.507 e. The maximum absolute atomic E-state index is 11.6. The molecule has 4 N–H and O–H groups in total. The SMILES string of the molecule is Cc1cccc(C(=O)NCCCN)c1O. The summed E-state index contributed by atoms with van der Waals surface area (Å²) in [4.78, 5) is 11.6. The third-order valence-corrected chi connectivity index (χ3v) is 2.15. The number of para-hydroxylation sites is 1. The van der Waals surface area contributed by atoms with Gasteiger partial charge in [0.15, 0.2) is 0 Å². The van der Waals surface area contributed by atoms with Gasteiger partial charge in [-0.05, 0) is 31.5 Å². The van der Waals surface area contributed by atoms with Gasteiger partial charge in [-0.2, -0.15) is 0 Å². The van der Waals surface area contributed by atoms with Crippen LogP contribution >= 0.6 is 0 Å². The van der Waals surface area contributed by atoms with E-state index in [4.69, 9.17) is 5.73 Å². The number of phenolic OH excluding ortho intramolecular Hbond substituents is 1. The number of hydrogen-bond donors (Lipinski definition) is 3. The monoisotopic (exact) mass is 208 g/mol. The van der Waals surface area contributed by atoms with E-state index >= 15 is 0 Å². The van der Waals surface area contributed by atoms with E-state index in [0.29, 0.717) is 24.2 Å². The molecule has 0 saturated carbocycles. The normalized spacial score (nSPS) is 10.0. The Morgan fingerprint density at radius 3 is 2.93 bits per heavy atom. The number of nitrogens with one attached hydrogen (secondary N) is 1. The number of benzene rings is 1. The van der Waals surface area contributed by atoms with Crippen molar-refractivity contribution in [2.75, 3.05) is 13.1 Å². The zero-order valence-corrected chi connectivity index (χ0v) is 8.79. The topological polar surface area (TPSA) is 75.4 Å². The van der Waals surface area contributed by atoms with Gasteiger partial charge in [0, 0.05) is 6.54 Å². The molecule has 1 rings (SSSR count). The predicted molar refractivity (Wildman–Crippen MR) is 58.8 cm³/mol. The van der Waals surface area contributed by atoms with Crippen molar-refractivity contribution in [3.05, 3.63) is 29.3 Å². The van der Waals surface area contributed by atoms with Crippen molar-refractivity contribution in [2.45, 2.75) is 13.3 Å². The fourth-order valence-electron chi connectivity index (χ4n) is 1.24. The maximum atomic E-state index is 11.6. The lowest BCUT2D eigenvalue weighted by atomic mass is 10.1. The Kier molecular flexibility index (Phi) is 4.12. The fourth-order valence-corrected chi connectivity index (χ4v) is 1.24. The number of nitrogens with two attached hydrogens (primary N) is 1. The van der Waals surface area contributed by atoms with Crippen LogP contribution in [0.25, 0.3) is 0 Å². The molecule has 82 valence electrons. The van der Waals surface area contributed by atoms with Gasteiger partial charge in [-0.3, -0.25) is 4.79 Å². The minimum absolute atomic E-state index is 0.0442. The van der Waals surface area contributed by atoms with Crippen molar-refractivity contribution in [3.8, 4) is 5.75 Å². The molecule has 4 heteroatoms. The Balaban J connectivity index is 2.69. The number of aromatic hydroxyl groups is 1. The van der Waals surface area contributed by atoms with E-state index in [1.807, 2.05) is 0 Å². The van der Waals surface area contributed by atoms with Crippen molar-refractivity contribution in [1.29, 1.82) is 0 Å². The Labute approximate surface area is 89.1 Å². The number of carbonyl (C=O) groups excluding carboxylic acids is 1. The molecule has 0 fully saturated rings. The number of aryl methyl sites for hydroxylation is 1. The third-order valence-electron chi connectivity index (χ3n) is 2.15. The molecule has 0 bridgehead atoms. The molecule has 0 heterocycles. The zero-order chi connectivity index (χ0) is 11.3. The van der Waals surface area contributed by atoms with Crippen molar-refractivity contribution in [1.82, 2.24) is 5.32 Å². The highest BCUT2D eigenvalue weighted by Gasteiger charge is 2.11. The van der Waals surface area contributed by atoms with Crippen LogP contribution in [0.15, 0.2) is 18.2 Å². The summed E-state index contributed by atoms with van der Waals surface area (Å²) in [5, 5.41) is 12.3. The Bertz CT molecular complexity index is 350. The molecule has 1 amide bonds. The minimum Gasteiger partial charge on any atom is -0.507 e. The van der Waals surface area contributed by atoms with Gasteiger partial charge < -0.3 is 16.2 Å². The highest BCUT2D eigenvalue weighted by molar-refractivity contribution is 5.97. The van der Waals surface area contributed by atoms with E-state index in [1.165, 1.54) is 0 Å². The first kappa shape index (κ1) is 11.5. The van der Waals surface area contributed by atoms with Gasteiger partial charge in [0.25, 0.3) is 5.91 Å². The molecule has 1 aromatic rings. The van der Waals surface area contributed by atoms with Crippen molar-refractivity contribution in [2.24, 2.45) is 5.73 Å². The second kappa shape index (κ2) is 5.36. The van der Waals surface area contributed by atoms with Gasteiger partial charge in [-0.1, -0.05) is 12.1 Å². The van der Waals surface area contributed by atoms with Crippen molar-refractivity contribution in [3.63, 3.8) is 0 Å². The first-order valence-electron chi connectivity index (χ1n) is 4.93. The first-order valence-corrected chi connectivity index (χ1v) is 4.93. The zero-order valence-electron chi connectivity index (χ0n) is 8.79. The van der Waals surface area contributed by atoms with Crippen LogP contribution in [0.3, 0.4) is 0 Å². The summed E-state index contributed by atoms with van der Waals surface area (Å²) in [7, 11) is 0. The standard InChI is InChI=1S/C11H16N2O2/c1-8-4-2-5-9(10(8)14)11(15)13-7-3-6-12/h2,4-5,14H,3,6-7,12H2,1H3,(H,13,15). The van der Waals surface area contributed by atoms with Gasteiger partial charge in [-0.15, -0.1) is 0 Å². The Hall–Kier alpha value is -1.55. The van der Waals surface area contributed by atoms with E-state index < -0.39 is 0 Å². The Morgan fingerprint density at radius 2 is 2.27 bits per heavy atom. The van der Waals surface area contributed by atoms with Crippen molar-refractivity contribution < 1.29 is 9.90 Å². The van der Waals surface area contributed by atoms with E-state index in [-0.39, 0.29) is 11.7 Å². The van der Waals surface area contributed by atoms with Crippen LogP contribution in [0.1, 0.15) is 22.3 Å². The minimum atomic E-state index is -0.260. The van der Waals surface area contributed by atoms with Gasteiger partial charge in [0.05, 0.1) is 5.56 Å². The average Bonchev–Trinajstić information content (AvgIpc) is 2.22. The molecule has 0 aromatic heterocycles. The molecule has 0 unspecified atom stereocenters. The predicted octanol–water partition coefficient (Wildman–Crippen LogP) is 0.779. The molecule has 0 saturated heterocycles. The molecule has 0 aliphatic carbocycles. The quantitative estimate of drug-likeness (QED) is 0.640. The number of rotatable bonds is 4. The van der Waals surface area contributed by atoms with Gasteiger partial charge in [-0.25, -0.2) is 0 Å². The van der Waals surface area contributed by atoms with Crippen LogP contribution in [0.5, 0.6) is 5.75 Å². The van der Waals surface area contributed by atoms with Crippen LogP contribution in [0, 0.1) is 6.92 Å². The summed E-state index contributed by atoms with van der Waals surface area (Å²) in [6.07, 6.45) is 0.734. The summed E-state index contributed by atoms with van der Waals surface area (Å²) < 4.78 is 0. The second-order valence-corrected chi connectivity index (χ2v) is 3.37. The highest BCUT2D eigenvalue weighted by atomic mass is 16.3. The van der Waals surface area contributed by atoms with Crippen LogP contribution in [0.2, 0.25) is 0 Å². The summed E-state index contributed by atoms with van der Waals surface area (Å²) in [5.74, 6) is -0.215. The molecule has 0 atom stereocenters. The van der Waals surface area contributed by atoms with Crippen LogP contribution in [0.4, 0.5) is 0 Å². The van der Waals surface area contributed by atoms with Gasteiger partial charge >= 0.3 is 0 Å². The average molecular weight is 208 g/mol. The highest BCUT2D eigenvalue weighted by Crippen LogP contribution is 2.20. The lowest BCUT2D eigenvalue weighted by Gasteiger charge is -2.07. The van der Waals surface area contributed by atoms with Gasteiger partial charge in [0.2, 0.25) is 0 Å². The van der Waals surface area contributed by atoms with E-state index in [0.717, 1.165) is 6.42 Å². The number of amides is 1. The summed E-state index contributed by atoms with van der Waals surface area (Å²) in [5.41, 5.74) is 6.31. The van der Waals surface area contributed by atoms with E-state index in [2.05, 4.69) is 5.32 Å². The Morgan fingerprint density at radius 1 is 1.53 bits per heavy atom. The van der Waals surface area contributed by atoms with Gasteiger partial charge in [0.1, 0.15) is 5.75 Å². The second-order valence-electron chi connectivity index (χ2n) is 3.37. The lowest BCUT2D eigenvalue weighted by molar-refractivity contribution is 0.0950. The van der Waals surface area contributed by atoms with Crippen molar-refractivity contribution >= 4 is 5.91 Å². The van der Waals surface area contributed by atoms with Crippen LogP contribution in [-0.2, 0) is 0 Å². The maximum Gasteiger partial charge on any atom is 0.255 e. The smallest absolute Gasteiger partial charge is 0.255 e. The molecule has 0 radical (unpaired) electrons. The lowest BCUT2D eigenvalue weighted by Crippen LogP contribution is -2.26. The van der Waals surface area contributed by atoms with E-state index in [1.54, 1.807) is 25.1 Å². The summed E-state index contributed by atoms with van der Waals surface area (Å²) in [6, 6.07) is 5.10. The summed E-state index contributed by atoms with van der Waals surface area (Å²) >= 11 is 0. The number of hydrogen-bond acceptors (Lipinski definition) is 3. The molecular formula is C11H16N2O2. The molecular weight excluding hydrogens is 192 g/mol. The molecule has 0 aliphatic rings. The third kappa shape index (κ3) is 2.95. The summed E-state index contributed by atoms with van der Waals surface area (Å²) in [6.45, 7) is 2.83. The molecule has 15 heavy (non-hydrogen) atoms.